The van der Waals surface area contributed by atoms with Crippen LogP contribution in [0.1, 0.15) is 30.5 Å². The second-order valence-corrected chi connectivity index (χ2v) is 5.98. The standard InChI is InChI=1S/C17H19N5O3/c1-10(11-3-5-13-12(9-11)4-6-14(23)20-13)19-17(25)21-15-16(24)22(2)8-7-18-15/h3,5,7-10H,4,6H2,1-2H3,(H,20,23)(H2,18,19,21,25)/t10-/m1/s1. The van der Waals surface area contributed by atoms with Crippen molar-refractivity contribution in [2.45, 2.75) is 25.8 Å². The summed E-state index contributed by atoms with van der Waals surface area (Å²) in [5, 5.41) is 8.08. The number of hydrogen-bond donors (Lipinski definition) is 3. The fourth-order valence-electron chi connectivity index (χ4n) is 2.68. The van der Waals surface area contributed by atoms with Crippen LogP contribution in [0.3, 0.4) is 0 Å². The second kappa shape index (κ2) is 6.76. The summed E-state index contributed by atoms with van der Waals surface area (Å²) in [5.74, 6) is -0.00871. The molecule has 2 aromatic rings. The van der Waals surface area contributed by atoms with Gasteiger partial charge in [-0.25, -0.2) is 9.78 Å². The van der Waals surface area contributed by atoms with Crippen LogP contribution in [-0.4, -0.2) is 21.5 Å². The number of nitrogens with zero attached hydrogens (tertiary/aromatic N) is 2. The highest BCUT2D eigenvalue weighted by Crippen LogP contribution is 2.26. The molecule has 0 saturated heterocycles. The Kier molecular flexibility index (Phi) is 4.51. The minimum absolute atomic E-state index is 0.0164. The molecule has 3 rings (SSSR count). The number of carbonyl (C=O) groups is 2. The topological polar surface area (TPSA) is 105 Å². The third kappa shape index (κ3) is 3.68. The number of benzene rings is 1. The molecule has 1 aliphatic rings. The lowest BCUT2D eigenvalue weighted by Crippen LogP contribution is -2.34. The van der Waals surface area contributed by atoms with Crippen molar-refractivity contribution in [2.75, 3.05) is 10.6 Å². The van der Waals surface area contributed by atoms with Crippen LogP contribution in [0.2, 0.25) is 0 Å². The van der Waals surface area contributed by atoms with Crippen molar-refractivity contribution in [1.82, 2.24) is 14.9 Å². The van der Waals surface area contributed by atoms with Crippen molar-refractivity contribution in [1.29, 1.82) is 0 Å². The van der Waals surface area contributed by atoms with E-state index in [-0.39, 0.29) is 23.3 Å². The first-order valence-electron chi connectivity index (χ1n) is 7.96. The third-order valence-corrected chi connectivity index (χ3v) is 4.12. The van der Waals surface area contributed by atoms with Gasteiger partial charge in [0.25, 0.3) is 5.56 Å². The molecular formula is C17H19N5O3. The maximum atomic E-state index is 12.1. The zero-order valence-corrected chi connectivity index (χ0v) is 14.0. The first kappa shape index (κ1) is 16.7. The molecule has 0 radical (unpaired) electrons. The van der Waals surface area contributed by atoms with E-state index in [1.807, 2.05) is 25.1 Å². The van der Waals surface area contributed by atoms with Gasteiger partial charge >= 0.3 is 6.03 Å². The van der Waals surface area contributed by atoms with E-state index in [0.29, 0.717) is 12.8 Å². The number of aryl methyl sites for hydroxylation is 2. The number of anilines is 2. The molecule has 0 fully saturated rings. The first-order valence-corrected chi connectivity index (χ1v) is 7.96. The molecule has 0 bridgehead atoms. The molecule has 1 aromatic carbocycles. The lowest BCUT2D eigenvalue weighted by atomic mass is 9.98. The number of carbonyl (C=O) groups excluding carboxylic acids is 2. The van der Waals surface area contributed by atoms with Crippen LogP contribution in [0.5, 0.6) is 0 Å². The number of urea groups is 1. The predicted octanol–water partition coefficient (Wildman–Crippen LogP) is 1.55. The molecule has 3 N–H and O–H groups in total. The summed E-state index contributed by atoms with van der Waals surface area (Å²) in [6, 6.07) is 4.89. The first-order chi connectivity index (χ1) is 11.9. The number of rotatable bonds is 3. The van der Waals surface area contributed by atoms with Gasteiger partial charge in [0.15, 0.2) is 0 Å². The molecule has 2 heterocycles. The normalized spacial score (nSPS) is 14.2. The van der Waals surface area contributed by atoms with Crippen molar-refractivity contribution in [2.24, 2.45) is 7.05 Å². The minimum atomic E-state index is -0.505. The molecule has 0 spiro atoms. The van der Waals surface area contributed by atoms with Gasteiger partial charge in [-0.1, -0.05) is 12.1 Å². The molecule has 1 aliphatic heterocycles. The summed E-state index contributed by atoms with van der Waals surface area (Å²) >= 11 is 0. The van der Waals surface area contributed by atoms with Crippen LogP contribution >= 0.6 is 0 Å². The van der Waals surface area contributed by atoms with Crippen LogP contribution in [0.25, 0.3) is 0 Å². The molecule has 0 saturated carbocycles. The molecule has 8 heteroatoms. The largest absolute Gasteiger partial charge is 0.331 e. The van der Waals surface area contributed by atoms with E-state index < -0.39 is 6.03 Å². The summed E-state index contributed by atoms with van der Waals surface area (Å²) in [4.78, 5) is 39.3. The van der Waals surface area contributed by atoms with E-state index in [1.165, 1.54) is 17.0 Å². The average molecular weight is 341 g/mol. The number of amides is 3. The van der Waals surface area contributed by atoms with E-state index in [4.69, 9.17) is 0 Å². The van der Waals surface area contributed by atoms with Crippen molar-refractivity contribution in [3.63, 3.8) is 0 Å². The molecular weight excluding hydrogens is 322 g/mol. The van der Waals surface area contributed by atoms with Crippen molar-refractivity contribution < 1.29 is 9.59 Å². The Bertz CT molecular complexity index is 890. The fraction of sp³-hybridized carbons (Fsp3) is 0.294. The number of fused-ring (bicyclic) bond motifs is 1. The van der Waals surface area contributed by atoms with Gasteiger partial charge in [0, 0.05) is 31.5 Å². The lowest BCUT2D eigenvalue weighted by molar-refractivity contribution is -0.116. The highest BCUT2D eigenvalue weighted by atomic mass is 16.2. The smallest absolute Gasteiger partial charge is 0.321 e. The molecule has 130 valence electrons. The molecule has 0 aliphatic carbocycles. The summed E-state index contributed by atoms with van der Waals surface area (Å²) in [6.45, 7) is 1.85. The Morgan fingerprint density at radius 1 is 1.32 bits per heavy atom. The zero-order chi connectivity index (χ0) is 18.0. The molecule has 3 amide bonds. The average Bonchev–Trinajstić information content (AvgIpc) is 2.58. The van der Waals surface area contributed by atoms with Gasteiger partial charge < -0.3 is 15.2 Å². The highest BCUT2D eigenvalue weighted by Gasteiger charge is 2.17. The number of hydrogen-bond acceptors (Lipinski definition) is 4. The Labute approximate surface area is 144 Å². The van der Waals surface area contributed by atoms with Gasteiger partial charge in [-0.2, -0.15) is 0 Å². The Hall–Kier alpha value is -3.16. The summed E-state index contributed by atoms with van der Waals surface area (Å²) in [5.41, 5.74) is 2.40. The predicted molar refractivity (Wildman–Crippen MR) is 93.4 cm³/mol. The van der Waals surface area contributed by atoms with Crippen LogP contribution in [-0.2, 0) is 18.3 Å². The van der Waals surface area contributed by atoms with Gasteiger partial charge in [-0.05, 0) is 30.5 Å². The number of nitrogens with one attached hydrogen (secondary N) is 3. The van der Waals surface area contributed by atoms with Crippen molar-refractivity contribution >= 4 is 23.4 Å². The molecule has 1 atom stereocenters. The van der Waals surface area contributed by atoms with E-state index in [0.717, 1.165) is 16.8 Å². The van der Waals surface area contributed by atoms with E-state index >= 15 is 0 Å². The van der Waals surface area contributed by atoms with E-state index in [2.05, 4.69) is 20.9 Å². The van der Waals surface area contributed by atoms with Crippen LogP contribution < -0.4 is 21.5 Å². The van der Waals surface area contributed by atoms with Crippen molar-refractivity contribution in [3.05, 3.63) is 52.1 Å². The SMILES string of the molecule is C[C@@H](NC(=O)Nc1nccn(C)c1=O)c1ccc2c(c1)CCC(=O)N2. The Morgan fingerprint density at radius 2 is 2.12 bits per heavy atom. The fourth-order valence-corrected chi connectivity index (χ4v) is 2.68. The Morgan fingerprint density at radius 3 is 2.92 bits per heavy atom. The summed E-state index contributed by atoms with van der Waals surface area (Å²) in [7, 11) is 1.58. The highest BCUT2D eigenvalue weighted by molar-refractivity contribution is 5.94. The molecule has 1 aromatic heterocycles. The van der Waals surface area contributed by atoms with E-state index in [9.17, 15) is 14.4 Å². The Balaban J connectivity index is 1.68. The van der Waals surface area contributed by atoms with Gasteiger partial charge in [0.1, 0.15) is 0 Å². The molecule has 25 heavy (non-hydrogen) atoms. The van der Waals surface area contributed by atoms with Gasteiger partial charge in [0.2, 0.25) is 11.7 Å². The maximum absolute atomic E-state index is 12.1. The molecule has 8 nitrogen and oxygen atoms in total. The van der Waals surface area contributed by atoms with Gasteiger partial charge in [-0.15, -0.1) is 0 Å². The third-order valence-electron chi connectivity index (χ3n) is 4.12. The van der Waals surface area contributed by atoms with Gasteiger partial charge in [0.05, 0.1) is 6.04 Å². The van der Waals surface area contributed by atoms with Gasteiger partial charge in [-0.3, -0.25) is 14.9 Å². The van der Waals surface area contributed by atoms with Crippen LogP contribution in [0.4, 0.5) is 16.3 Å². The minimum Gasteiger partial charge on any atom is -0.331 e. The quantitative estimate of drug-likeness (QED) is 0.787. The summed E-state index contributed by atoms with van der Waals surface area (Å²) in [6.07, 6.45) is 4.10. The number of aromatic nitrogens is 2. The lowest BCUT2D eigenvalue weighted by Gasteiger charge is -2.20. The van der Waals surface area contributed by atoms with Crippen LogP contribution in [0.15, 0.2) is 35.4 Å². The zero-order valence-electron chi connectivity index (χ0n) is 14.0. The summed E-state index contributed by atoms with van der Waals surface area (Å²) < 4.78 is 1.34. The maximum Gasteiger partial charge on any atom is 0.321 e. The van der Waals surface area contributed by atoms with Crippen LogP contribution in [0, 0.1) is 0 Å². The van der Waals surface area contributed by atoms with Crippen molar-refractivity contribution in [3.8, 4) is 0 Å². The molecule has 0 unspecified atom stereocenters. The van der Waals surface area contributed by atoms with E-state index in [1.54, 1.807) is 7.05 Å². The second-order valence-electron chi connectivity index (χ2n) is 5.98. The monoisotopic (exact) mass is 341 g/mol.